The van der Waals surface area contributed by atoms with E-state index in [4.69, 9.17) is 17.8 Å². The Morgan fingerprint density at radius 2 is 0.590 bits per heavy atom. The number of phenols is 2. The molecule has 2 N–H and O–H groups in total. The number of benzene rings is 11. The number of carbonyl (C=O) groups is 8. The minimum atomic E-state index is -6.04. The lowest BCUT2D eigenvalue weighted by molar-refractivity contribution is -0.290. The number of fused-ring (bicyclic) bond motifs is 4. The van der Waals surface area contributed by atoms with Crippen molar-refractivity contribution < 1.29 is 119 Å². The number of aromatic hydroxyl groups is 2. The molecule has 4 aliphatic heterocycles. The van der Waals surface area contributed by atoms with Crippen LogP contribution in [0.5, 0.6) is 46.0 Å². The van der Waals surface area contributed by atoms with E-state index in [9.17, 15) is 101 Å². The highest BCUT2D eigenvalue weighted by Gasteiger charge is 2.74. The summed E-state index contributed by atoms with van der Waals surface area (Å²) in [6, 6.07) is 54.2. The molecule has 0 fully saturated rings. The lowest BCUT2D eigenvalue weighted by Crippen LogP contribution is -2.54. The standard InChI is InChI=1S/C33H20F6N2O7S2.C33H20F6N2O7.C18H15P/c1-15-11-16(3-9-25(15)47-49)31(32(34,35)36,33(37,38)39)17-4-10-26(48-50)24(12-17)41-29(44)21-8-6-19(14-23(21)30(41)45)46-18-5-7-20-22(13-18)28(43)40(2)27(20)42;1-15-11-16(3-9-25(15)42)31(32(34,35)36,33(37,38)39)17-4-10-26(43)24(12-17)41-29(46)21-8-6-19(14-23(21)30(41)47)48-18-5-7-20-22(13-18)28(45)40(2)27(20)44;1-4-10-16(11-5-1)19(17-12-6-2-7-13-17)18-14-8-3-9-15-18/h3-14,49-50H,1-2H3;3-14,42-43H,1-2H3;1-15H. The molecular weight excluding hydrogens is 1610 g/mol. The van der Waals surface area contributed by atoms with Gasteiger partial charge in [0.05, 0.1) is 55.9 Å². The summed E-state index contributed by atoms with van der Waals surface area (Å²) in [6.07, 6.45) is -24.1. The second-order valence-electron chi connectivity index (χ2n) is 26.6. The maximum atomic E-state index is 15.0. The van der Waals surface area contributed by atoms with E-state index in [-0.39, 0.29) is 95.3 Å². The summed E-state index contributed by atoms with van der Waals surface area (Å²) in [6.45, 7) is 2.34. The number of phenolic OH excluding ortho intramolecular Hbond substituents is 2. The molecule has 117 heavy (non-hydrogen) atoms. The summed E-state index contributed by atoms with van der Waals surface area (Å²) in [4.78, 5) is 106. The Hall–Kier alpha value is -12.9. The number of hydrogen-bond donors (Lipinski definition) is 4. The van der Waals surface area contributed by atoms with Crippen molar-refractivity contribution in [3.05, 3.63) is 314 Å². The van der Waals surface area contributed by atoms with E-state index in [0.29, 0.717) is 59.5 Å². The number of ether oxygens (including phenoxy) is 2. The zero-order valence-electron chi connectivity index (χ0n) is 60.5. The van der Waals surface area contributed by atoms with Gasteiger partial charge in [0.1, 0.15) is 40.2 Å². The lowest BCUT2D eigenvalue weighted by atomic mass is 9.72. The van der Waals surface area contributed by atoms with Gasteiger partial charge >= 0.3 is 24.7 Å². The van der Waals surface area contributed by atoms with Crippen LogP contribution in [0.1, 0.15) is 116 Å². The number of rotatable bonds is 15. The molecule has 11 aromatic carbocycles. The van der Waals surface area contributed by atoms with Crippen LogP contribution in [0, 0.1) is 13.8 Å². The molecule has 4 heterocycles. The highest BCUT2D eigenvalue weighted by Crippen LogP contribution is 2.60. The van der Waals surface area contributed by atoms with Gasteiger partial charge in [0, 0.05) is 39.9 Å². The van der Waals surface area contributed by atoms with Crippen LogP contribution < -0.4 is 43.6 Å². The van der Waals surface area contributed by atoms with Gasteiger partial charge in [-0.2, -0.15) is 52.7 Å². The second-order valence-corrected chi connectivity index (χ2v) is 29.2. The molecule has 0 aliphatic carbocycles. The van der Waals surface area contributed by atoms with Crippen molar-refractivity contribution in [2.75, 3.05) is 23.9 Å². The topological polar surface area (TPSA) is 227 Å². The second kappa shape index (κ2) is 31.0. The number of anilines is 2. The van der Waals surface area contributed by atoms with Gasteiger partial charge in [-0.3, -0.25) is 48.2 Å². The molecule has 0 saturated carbocycles. The lowest BCUT2D eigenvalue weighted by Gasteiger charge is -2.39. The molecule has 4 aliphatic rings. The Bertz CT molecular complexity index is 5800. The maximum Gasteiger partial charge on any atom is 0.411 e. The molecule has 0 radical (unpaired) electrons. The van der Waals surface area contributed by atoms with Gasteiger partial charge < -0.3 is 28.1 Å². The monoisotopic (exact) mass is 1670 g/mol. The zero-order valence-corrected chi connectivity index (χ0v) is 63.2. The van der Waals surface area contributed by atoms with Crippen molar-refractivity contribution in [2.45, 2.75) is 49.4 Å². The van der Waals surface area contributed by atoms with E-state index in [1.165, 1.54) is 91.5 Å². The predicted molar refractivity (Wildman–Crippen MR) is 410 cm³/mol. The van der Waals surface area contributed by atoms with Gasteiger partial charge in [-0.25, -0.2) is 9.80 Å². The van der Waals surface area contributed by atoms with Crippen molar-refractivity contribution >= 4 is 108 Å². The molecule has 0 aromatic heterocycles. The fourth-order valence-corrected chi connectivity index (χ4v) is 16.7. The first-order chi connectivity index (χ1) is 55.3. The number of aryl methyl sites for hydroxylation is 2. The molecule has 11 aromatic rings. The first kappa shape index (κ1) is 82.1. The Labute approximate surface area is 667 Å². The van der Waals surface area contributed by atoms with E-state index in [2.05, 4.69) is 117 Å². The molecule has 18 nitrogen and oxygen atoms in total. The molecule has 0 saturated heterocycles. The third-order valence-corrected chi connectivity index (χ3v) is 22.6. The van der Waals surface area contributed by atoms with Crippen LogP contribution in [-0.2, 0) is 10.8 Å². The zero-order chi connectivity index (χ0) is 84.5. The number of alkyl halides is 12. The van der Waals surface area contributed by atoms with Gasteiger partial charge in [0.25, 0.3) is 47.3 Å². The first-order valence-corrected chi connectivity index (χ1v) is 36.4. The van der Waals surface area contributed by atoms with E-state index in [1.54, 1.807) is 0 Å². The van der Waals surface area contributed by atoms with E-state index >= 15 is 0 Å². The first-order valence-electron chi connectivity index (χ1n) is 34.4. The van der Waals surface area contributed by atoms with Crippen molar-refractivity contribution in [3.8, 4) is 46.0 Å². The van der Waals surface area contributed by atoms with Crippen LogP contribution in [0.3, 0.4) is 0 Å². The maximum absolute atomic E-state index is 15.0. The van der Waals surface area contributed by atoms with E-state index in [1.807, 2.05) is 0 Å². The van der Waals surface area contributed by atoms with Crippen LogP contribution in [0.2, 0.25) is 0 Å². The van der Waals surface area contributed by atoms with Crippen LogP contribution in [0.15, 0.2) is 237 Å². The Morgan fingerprint density at radius 3 is 0.932 bits per heavy atom. The molecule has 33 heteroatoms. The largest absolute Gasteiger partial charge is 0.508 e. The number of hydrogen-bond acceptors (Lipinski definition) is 16. The Morgan fingerprint density at radius 1 is 0.308 bits per heavy atom. The summed E-state index contributed by atoms with van der Waals surface area (Å²) < 4.78 is 199. The quantitative estimate of drug-likeness (QED) is 0.0246. The van der Waals surface area contributed by atoms with Crippen molar-refractivity contribution in [1.29, 1.82) is 0 Å². The molecule has 8 amide bonds. The molecule has 596 valence electrons. The van der Waals surface area contributed by atoms with Crippen LogP contribution in [0.4, 0.5) is 64.1 Å². The Kier molecular flexibility index (Phi) is 21.8. The molecule has 15 rings (SSSR count). The minimum absolute atomic E-state index is 0.0200. The number of amides is 8. The van der Waals surface area contributed by atoms with Gasteiger partial charge in [-0.05, 0) is 180 Å². The van der Waals surface area contributed by atoms with Crippen molar-refractivity contribution in [1.82, 2.24) is 9.80 Å². The summed E-state index contributed by atoms with van der Waals surface area (Å²) >= 11 is 7.23. The van der Waals surface area contributed by atoms with Crippen molar-refractivity contribution in [3.63, 3.8) is 0 Å². The number of imide groups is 4. The third-order valence-electron chi connectivity index (χ3n) is 19.8. The number of nitrogens with zero attached hydrogens (tertiary/aromatic N) is 4. The van der Waals surface area contributed by atoms with Crippen LogP contribution in [0.25, 0.3) is 0 Å². The number of halogens is 12. The molecule has 0 atom stereocenters. The van der Waals surface area contributed by atoms with Gasteiger partial charge in [-0.15, -0.1) is 0 Å². The number of carbonyl (C=O) groups excluding carboxylic acids is 8. The van der Waals surface area contributed by atoms with Crippen molar-refractivity contribution in [2.24, 2.45) is 0 Å². The van der Waals surface area contributed by atoms with Crippen LogP contribution >= 0.6 is 33.7 Å². The smallest absolute Gasteiger partial charge is 0.411 e. The summed E-state index contributed by atoms with van der Waals surface area (Å²) in [7, 11) is 2.16. The normalized spacial score (nSPS) is 14.1. The highest BCUT2D eigenvalue weighted by molar-refractivity contribution is 7.79. The van der Waals surface area contributed by atoms with Gasteiger partial charge in [0.2, 0.25) is 10.8 Å². The molecule has 0 spiro atoms. The summed E-state index contributed by atoms with van der Waals surface area (Å²) in [5.74, 6) is -8.71. The van der Waals surface area contributed by atoms with Gasteiger partial charge in [0.15, 0.2) is 5.75 Å². The summed E-state index contributed by atoms with van der Waals surface area (Å²) in [5, 5.41) is 24.6. The minimum Gasteiger partial charge on any atom is -0.508 e. The number of thiol groups is 2. The highest BCUT2D eigenvalue weighted by atomic mass is 32.1. The fourth-order valence-electron chi connectivity index (χ4n) is 14.0. The molecule has 0 bridgehead atoms. The average molecular weight is 1670 g/mol. The summed E-state index contributed by atoms with van der Waals surface area (Å²) in [5.41, 5.74) is -17.5. The molecule has 0 unspecified atom stereocenters. The Balaban J connectivity index is 0.000000166. The van der Waals surface area contributed by atoms with Crippen LogP contribution in [-0.4, -0.2) is 106 Å². The van der Waals surface area contributed by atoms with E-state index < -0.39 is 142 Å². The predicted octanol–water partition coefficient (Wildman–Crippen LogP) is 17.8. The molecular formula is C84H55F12N4O14PS2. The SMILES string of the molecule is Cc1cc(C(c2ccc(O)c(N3C(=O)c4ccc(Oc5ccc6c(c5)C(=O)N(C)C6=O)cc4C3=O)c2)(C(F)(F)F)C(F)(F)F)ccc1O.Cc1cc(C(c2ccc(OS)c(N3C(=O)c4ccc(Oc5ccc6c(c5)C(=O)N(C)C6=O)cc4C3=O)c2)(C(F)(F)F)C(F)(F)F)ccc1OS.c1ccc(P(c2ccccc2)c2ccccc2)cc1. The fraction of sp³-hybridized carbons (Fsp3) is 0.119. The van der Waals surface area contributed by atoms with Gasteiger partial charge in [-0.1, -0.05) is 127 Å². The average Bonchev–Trinajstić information content (AvgIpc) is 1.14. The van der Waals surface area contributed by atoms with E-state index in [0.717, 1.165) is 47.1 Å². The third kappa shape index (κ3) is 14.3.